The van der Waals surface area contributed by atoms with E-state index in [0.717, 1.165) is 34.7 Å². The van der Waals surface area contributed by atoms with Gasteiger partial charge in [0.1, 0.15) is 11.3 Å². The van der Waals surface area contributed by atoms with Gasteiger partial charge in [0.25, 0.3) is 0 Å². The Kier molecular flexibility index (Phi) is 6.52. The quantitative estimate of drug-likeness (QED) is 0.363. The summed E-state index contributed by atoms with van der Waals surface area (Å²) in [5, 5.41) is 15.5. The first-order chi connectivity index (χ1) is 18.8. The zero-order valence-electron chi connectivity index (χ0n) is 22.3. The molecule has 5 unspecified atom stereocenters. The number of rotatable bonds is 6. The number of hydrogen-bond acceptors (Lipinski definition) is 6. The fraction of sp³-hybridized carbons (Fsp3) is 0.355. The monoisotopic (exact) mass is 541 g/mol. The highest BCUT2D eigenvalue weighted by Gasteiger charge is 2.57. The van der Waals surface area contributed by atoms with E-state index < -0.39 is 11.0 Å². The van der Waals surface area contributed by atoms with Gasteiger partial charge in [-0.3, -0.25) is 9.69 Å². The zero-order valence-corrected chi connectivity index (χ0v) is 23.1. The van der Waals surface area contributed by atoms with Crippen LogP contribution in [0.5, 0.6) is 5.75 Å². The summed E-state index contributed by atoms with van der Waals surface area (Å²) in [4.78, 5) is 16.3. The number of halogens is 1. The van der Waals surface area contributed by atoms with E-state index >= 15 is 0 Å². The summed E-state index contributed by atoms with van der Waals surface area (Å²) in [6, 6.07) is 24.4. The maximum atomic E-state index is 13.8. The highest BCUT2D eigenvalue weighted by Crippen LogP contribution is 2.51. The number of hydrogen-bond donors (Lipinski definition) is 1. The largest absolute Gasteiger partial charge is 0.497 e. The Bertz CT molecular complexity index is 1430. The third-order valence-corrected chi connectivity index (χ3v) is 9.11. The molecule has 0 radical (unpaired) electrons. The van der Waals surface area contributed by atoms with Crippen LogP contribution in [-0.4, -0.2) is 41.8 Å². The minimum absolute atomic E-state index is 0.0388. The standard InChI is InChI=1S/C31H32ClN5O2/c1-20-16-31(17-27(30(2)19-33-36-35-30)37(20)18-21-7-5-4-6-8-21)25-14-11-23(15-26(25)34-29(31)38)28(32)22-9-12-24(39-3)13-10-22/h4-15,19-20,27-28H,16-18H2,1-3H3,(H,34,38). The number of methoxy groups -OCH3 is 1. The third-order valence-electron chi connectivity index (χ3n) is 8.61. The summed E-state index contributed by atoms with van der Waals surface area (Å²) in [5.74, 6) is 0.825. The molecule has 6 rings (SSSR count). The van der Waals surface area contributed by atoms with Crippen LogP contribution in [-0.2, 0) is 16.8 Å². The van der Waals surface area contributed by atoms with E-state index in [1.807, 2.05) is 42.6 Å². The van der Waals surface area contributed by atoms with Crippen LogP contribution in [0, 0.1) is 0 Å². The van der Waals surface area contributed by atoms with Gasteiger partial charge in [-0.05, 0) is 72.4 Å². The number of nitrogens with one attached hydrogen (secondary N) is 1. The molecular formula is C31H32ClN5O2. The number of carbonyl (C=O) groups excluding carboxylic acids is 1. The summed E-state index contributed by atoms with van der Waals surface area (Å²) in [7, 11) is 1.65. The van der Waals surface area contributed by atoms with Gasteiger partial charge in [0, 0.05) is 24.3 Å². The molecule has 0 aliphatic carbocycles. The average Bonchev–Trinajstić information content (AvgIpc) is 3.51. The van der Waals surface area contributed by atoms with Crippen molar-refractivity contribution in [3.8, 4) is 5.75 Å². The van der Waals surface area contributed by atoms with Crippen LogP contribution in [0.4, 0.5) is 5.69 Å². The van der Waals surface area contributed by atoms with Gasteiger partial charge in [0.15, 0.2) is 0 Å². The number of benzene rings is 3. The summed E-state index contributed by atoms with van der Waals surface area (Å²) in [6.45, 7) is 5.04. The number of nitrogens with zero attached hydrogens (tertiary/aromatic N) is 4. The minimum atomic E-state index is -0.665. The highest BCUT2D eigenvalue weighted by atomic mass is 35.5. The number of fused-ring (bicyclic) bond motifs is 2. The lowest BCUT2D eigenvalue weighted by Gasteiger charge is -2.51. The lowest BCUT2D eigenvalue weighted by Crippen LogP contribution is -2.62. The molecule has 39 heavy (non-hydrogen) atoms. The van der Waals surface area contributed by atoms with Gasteiger partial charge in [-0.25, -0.2) is 0 Å². The normalized spacial score (nSPS) is 28.5. The van der Waals surface area contributed by atoms with Crippen LogP contribution in [0.2, 0.25) is 0 Å². The van der Waals surface area contributed by atoms with Gasteiger partial charge in [0.2, 0.25) is 5.91 Å². The van der Waals surface area contributed by atoms with E-state index in [4.69, 9.17) is 16.3 Å². The molecule has 5 atom stereocenters. The van der Waals surface area contributed by atoms with E-state index in [1.165, 1.54) is 5.56 Å². The van der Waals surface area contributed by atoms with Crippen molar-refractivity contribution in [2.45, 2.75) is 61.6 Å². The van der Waals surface area contributed by atoms with Crippen LogP contribution in [0.15, 0.2) is 88.2 Å². The summed E-state index contributed by atoms with van der Waals surface area (Å²) in [5.41, 5.74) is 3.73. The molecule has 0 aromatic heterocycles. The molecule has 3 aliphatic heterocycles. The molecule has 3 aromatic carbocycles. The van der Waals surface area contributed by atoms with Gasteiger partial charge in [-0.2, -0.15) is 5.11 Å². The van der Waals surface area contributed by atoms with Crippen molar-refractivity contribution in [1.29, 1.82) is 0 Å². The molecule has 1 fully saturated rings. The molecule has 1 saturated heterocycles. The van der Waals surface area contributed by atoms with Crippen molar-refractivity contribution < 1.29 is 9.53 Å². The van der Waals surface area contributed by atoms with E-state index in [0.29, 0.717) is 12.8 Å². The molecule has 200 valence electrons. The Morgan fingerprint density at radius 3 is 2.51 bits per heavy atom. The predicted molar refractivity (Wildman–Crippen MR) is 154 cm³/mol. The van der Waals surface area contributed by atoms with Crippen LogP contribution >= 0.6 is 11.6 Å². The number of anilines is 1. The molecule has 0 saturated carbocycles. The fourth-order valence-electron chi connectivity index (χ4n) is 6.48. The molecule has 7 nitrogen and oxygen atoms in total. The second kappa shape index (κ2) is 9.88. The van der Waals surface area contributed by atoms with Gasteiger partial charge < -0.3 is 10.1 Å². The van der Waals surface area contributed by atoms with Crippen molar-refractivity contribution in [3.05, 3.63) is 95.1 Å². The molecular weight excluding hydrogens is 510 g/mol. The van der Waals surface area contributed by atoms with Crippen molar-refractivity contribution >= 4 is 29.4 Å². The van der Waals surface area contributed by atoms with Gasteiger partial charge in [-0.15, -0.1) is 16.7 Å². The first-order valence-corrected chi connectivity index (χ1v) is 13.8. The third kappa shape index (κ3) is 4.43. The molecule has 3 aliphatic rings. The molecule has 0 bridgehead atoms. The van der Waals surface area contributed by atoms with Crippen molar-refractivity contribution in [1.82, 2.24) is 4.90 Å². The maximum absolute atomic E-state index is 13.8. The first kappa shape index (κ1) is 25.7. The molecule has 3 aromatic rings. The molecule has 3 heterocycles. The summed E-state index contributed by atoms with van der Waals surface area (Å²) in [6.07, 6.45) is 3.15. The van der Waals surface area contributed by atoms with E-state index in [9.17, 15) is 4.79 Å². The number of likely N-dealkylation sites (tertiary alicyclic amines) is 1. The smallest absolute Gasteiger partial charge is 0.235 e. The van der Waals surface area contributed by atoms with Crippen LogP contribution in [0.3, 0.4) is 0 Å². The van der Waals surface area contributed by atoms with Crippen molar-refractivity contribution in [3.63, 3.8) is 0 Å². The number of alkyl halides is 1. The van der Waals surface area contributed by atoms with Gasteiger partial charge in [0.05, 0.1) is 24.1 Å². The Balaban J connectivity index is 1.34. The molecule has 1 amide bonds. The van der Waals surface area contributed by atoms with E-state index in [2.05, 4.69) is 75.9 Å². The van der Waals surface area contributed by atoms with E-state index in [-0.39, 0.29) is 23.4 Å². The Morgan fingerprint density at radius 1 is 1.08 bits per heavy atom. The van der Waals surface area contributed by atoms with Crippen LogP contribution in [0.25, 0.3) is 0 Å². The van der Waals surface area contributed by atoms with Gasteiger partial charge in [-0.1, -0.05) is 54.6 Å². The lowest BCUT2D eigenvalue weighted by molar-refractivity contribution is -0.125. The SMILES string of the molecule is COc1ccc(C(Cl)c2ccc3c(c2)NC(=O)C32CC(C)N(Cc3ccccc3)C(C3(C)C=NN=N3)C2)cc1. The molecule has 1 N–H and O–H groups in total. The number of amides is 1. The summed E-state index contributed by atoms with van der Waals surface area (Å²) >= 11 is 6.89. The number of ether oxygens (including phenoxy) is 1. The lowest BCUT2D eigenvalue weighted by atomic mass is 9.65. The zero-order chi connectivity index (χ0) is 27.2. The number of piperidine rings is 1. The highest BCUT2D eigenvalue weighted by molar-refractivity contribution is 6.22. The Labute approximate surface area is 233 Å². The summed E-state index contributed by atoms with van der Waals surface area (Å²) < 4.78 is 5.28. The maximum Gasteiger partial charge on any atom is 0.235 e. The second-order valence-electron chi connectivity index (χ2n) is 11.1. The Morgan fingerprint density at radius 2 is 1.82 bits per heavy atom. The number of carbonyl (C=O) groups is 1. The fourth-order valence-corrected chi connectivity index (χ4v) is 6.76. The van der Waals surface area contributed by atoms with Crippen molar-refractivity contribution in [2.75, 3.05) is 12.4 Å². The van der Waals surface area contributed by atoms with E-state index in [1.54, 1.807) is 7.11 Å². The molecule has 1 spiro atoms. The van der Waals surface area contributed by atoms with Crippen molar-refractivity contribution in [2.24, 2.45) is 15.4 Å². The second-order valence-corrected chi connectivity index (χ2v) is 11.5. The molecule has 8 heteroatoms. The topological polar surface area (TPSA) is 78.6 Å². The van der Waals surface area contributed by atoms with Crippen LogP contribution in [0.1, 0.15) is 54.3 Å². The minimum Gasteiger partial charge on any atom is -0.497 e. The van der Waals surface area contributed by atoms with Gasteiger partial charge >= 0.3 is 0 Å². The predicted octanol–water partition coefficient (Wildman–Crippen LogP) is 6.48. The Hall–Kier alpha value is -3.55. The average molecular weight is 542 g/mol. The van der Waals surface area contributed by atoms with Crippen LogP contribution < -0.4 is 10.1 Å². The first-order valence-electron chi connectivity index (χ1n) is 13.3.